The van der Waals surface area contributed by atoms with Crippen LogP contribution in [0.5, 0.6) is 17.2 Å². The molecular formula is C26H29N5O4. The first kappa shape index (κ1) is 22.9. The number of anilines is 1. The minimum atomic E-state index is -0.516. The molecule has 1 saturated carbocycles. The maximum atomic E-state index is 12.6. The highest BCUT2D eigenvalue weighted by Gasteiger charge is 2.28. The molecule has 1 aliphatic heterocycles. The van der Waals surface area contributed by atoms with E-state index < -0.39 is 6.10 Å². The molecule has 0 bridgehead atoms. The van der Waals surface area contributed by atoms with Crippen LogP contribution in [0.25, 0.3) is 6.08 Å². The number of benzene rings is 2. The summed E-state index contributed by atoms with van der Waals surface area (Å²) < 4.78 is 17.7. The minimum absolute atomic E-state index is 0.254. The number of carbonyl (C=O) groups is 1. The number of amides is 1. The molecule has 2 N–H and O–H groups in total. The molecule has 2 heterocycles. The number of H-pyrrole nitrogens is 1. The van der Waals surface area contributed by atoms with Gasteiger partial charge in [0.2, 0.25) is 11.7 Å². The Morgan fingerprint density at radius 1 is 1.14 bits per heavy atom. The van der Waals surface area contributed by atoms with Crippen molar-refractivity contribution in [3.63, 3.8) is 0 Å². The standard InChI is InChI=1S/C26H29N5O4/c32-24(14-11-19-9-12-20(13-10-19)33-16-15-18-5-2-1-3-6-18)27-21-7-4-8-22-25(21)35-23(17-34-22)26-28-30-31-29-26/h4,7-14,18,23H,1-3,5-6,15-17H2,(H,27,32)(H,28,29,30,31). The number of aromatic nitrogens is 4. The number of rotatable bonds is 8. The van der Waals surface area contributed by atoms with Crippen LogP contribution in [0.4, 0.5) is 5.69 Å². The number of fused-ring (bicyclic) bond motifs is 1. The van der Waals surface area contributed by atoms with Crippen molar-refractivity contribution in [3.8, 4) is 17.2 Å². The summed E-state index contributed by atoms with van der Waals surface area (Å²) in [5.41, 5.74) is 1.42. The lowest BCUT2D eigenvalue weighted by molar-refractivity contribution is -0.111. The zero-order chi connectivity index (χ0) is 23.9. The molecule has 2 aromatic carbocycles. The van der Waals surface area contributed by atoms with Crippen LogP contribution in [0.15, 0.2) is 48.5 Å². The first-order valence-electron chi connectivity index (χ1n) is 12.1. The summed E-state index contributed by atoms with van der Waals surface area (Å²) >= 11 is 0. The van der Waals surface area contributed by atoms with Crippen molar-refractivity contribution in [2.75, 3.05) is 18.5 Å². The van der Waals surface area contributed by atoms with Crippen LogP contribution in [0.3, 0.4) is 0 Å². The monoisotopic (exact) mass is 475 g/mol. The Morgan fingerprint density at radius 2 is 2.00 bits per heavy atom. The molecule has 0 spiro atoms. The van der Waals surface area contributed by atoms with Crippen molar-refractivity contribution in [1.82, 2.24) is 20.6 Å². The van der Waals surface area contributed by atoms with E-state index >= 15 is 0 Å². The van der Waals surface area contributed by atoms with Crippen molar-refractivity contribution < 1.29 is 19.0 Å². The van der Waals surface area contributed by atoms with E-state index in [-0.39, 0.29) is 12.5 Å². The molecule has 5 rings (SSSR count). The molecule has 1 atom stereocenters. The molecule has 1 aromatic heterocycles. The molecule has 1 aliphatic carbocycles. The second-order valence-electron chi connectivity index (χ2n) is 8.85. The second-order valence-corrected chi connectivity index (χ2v) is 8.85. The molecule has 3 aromatic rings. The number of para-hydroxylation sites is 1. The fraction of sp³-hybridized carbons (Fsp3) is 0.385. The number of hydrogen-bond acceptors (Lipinski definition) is 7. The average Bonchev–Trinajstić information content (AvgIpc) is 3.44. The van der Waals surface area contributed by atoms with Gasteiger partial charge in [-0.2, -0.15) is 5.21 Å². The largest absolute Gasteiger partial charge is 0.494 e. The quantitative estimate of drug-likeness (QED) is 0.454. The van der Waals surface area contributed by atoms with Crippen LogP contribution >= 0.6 is 0 Å². The maximum absolute atomic E-state index is 12.6. The Balaban J connectivity index is 1.14. The van der Waals surface area contributed by atoms with Crippen LogP contribution in [0, 0.1) is 5.92 Å². The summed E-state index contributed by atoms with van der Waals surface area (Å²) in [5.74, 6) is 2.75. The van der Waals surface area contributed by atoms with Gasteiger partial charge in [-0.25, -0.2) is 0 Å². The summed E-state index contributed by atoms with van der Waals surface area (Å²) in [6.07, 6.45) is 10.6. The maximum Gasteiger partial charge on any atom is 0.248 e. The van der Waals surface area contributed by atoms with Gasteiger partial charge in [0.25, 0.3) is 0 Å². The smallest absolute Gasteiger partial charge is 0.248 e. The van der Waals surface area contributed by atoms with Crippen LogP contribution < -0.4 is 19.5 Å². The van der Waals surface area contributed by atoms with Gasteiger partial charge in [-0.1, -0.05) is 55.5 Å². The molecule has 9 nitrogen and oxygen atoms in total. The lowest BCUT2D eigenvalue weighted by atomic mass is 9.87. The number of tetrazole rings is 1. The first-order chi connectivity index (χ1) is 17.2. The molecule has 35 heavy (non-hydrogen) atoms. The summed E-state index contributed by atoms with van der Waals surface area (Å²) in [4.78, 5) is 12.6. The molecular weight excluding hydrogens is 446 g/mol. The highest BCUT2D eigenvalue weighted by molar-refractivity contribution is 6.03. The van der Waals surface area contributed by atoms with Crippen LogP contribution in [-0.2, 0) is 4.79 Å². The second kappa shape index (κ2) is 11.0. The van der Waals surface area contributed by atoms with Crippen LogP contribution in [0.2, 0.25) is 0 Å². The number of nitrogens with zero attached hydrogens (tertiary/aromatic N) is 3. The van der Waals surface area contributed by atoms with Crippen LogP contribution in [-0.4, -0.2) is 39.7 Å². The highest BCUT2D eigenvalue weighted by atomic mass is 16.6. The van der Waals surface area contributed by atoms with E-state index in [4.69, 9.17) is 14.2 Å². The molecule has 1 fully saturated rings. The van der Waals surface area contributed by atoms with E-state index in [0.29, 0.717) is 23.0 Å². The van der Waals surface area contributed by atoms with Crippen molar-refractivity contribution >= 4 is 17.7 Å². The van der Waals surface area contributed by atoms with Crippen molar-refractivity contribution in [2.24, 2.45) is 5.92 Å². The Labute approximate surface area is 203 Å². The number of ether oxygens (including phenoxy) is 3. The lowest BCUT2D eigenvalue weighted by Crippen LogP contribution is -2.24. The molecule has 2 aliphatic rings. The van der Waals surface area contributed by atoms with Gasteiger partial charge in [0.1, 0.15) is 12.4 Å². The third-order valence-electron chi connectivity index (χ3n) is 6.36. The zero-order valence-electron chi connectivity index (χ0n) is 19.5. The van der Waals surface area contributed by atoms with E-state index in [0.717, 1.165) is 30.3 Å². The van der Waals surface area contributed by atoms with Crippen molar-refractivity contribution in [2.45, 2.75) is 44.6 Å². The predicted molar refractivity (Wildman–Crippen MR) is 130 cm³/mol. The fourth-order valence-electron chi connectivity index (χ4n) is 4.47. The van der Waals surface area contributed by atoms with Gasteiger partial charge in [0.05, 0.1) is 12.3 Å². The molecule has 0 radical (unpaired) electrons. The number of nitrogens with one attached hydrogen (secondary N) is 2. The predicted octanol–water partition coefficient (Wildman–Crippen LogP) is 4.71. The molecule has 9 heteroatoms. The summed E-state index contributed by atoms with van der Waals surface area (Å²) in [5, 5.41) is 16.7. The van der Waals surface area contributed by atoms with Gasteiger partial charge in [0.15, 0.2) is 17.6 Å². The topological polar surface area (TPSA) is 111 Å². The number of hydrogen-bond donors (Lipinski definition) is 2. The number of carbonyl (C=O) groups excluding carboxylic acids is 1. The summed E-state index contributed by atoms with van der Waals surface area (Å²) in [7, 11) is 0. The lowest BCUT2D eigenvalue weighted by Gasteiger charge is -2.26. The summed E-state index contributed by atoms with van der Waals surface area (Å²) in [6.45, 7) is 1.01. The zero-order valence-corrected chi connectivity index (χ0v) is 19.5. The van der Waals surface area contributed by atoms with Gasteiger partial charge in [-0.05, 0) is 48.2 Å². The fourth-order valence-corrected chi connectivity index (χ4v) is 4.47. The minimum Gasteiger partial charge on any atom is -0.494 e. The van der Waals surface area contributed by atoms with Crippen molar-refractivity contribution in [3.05, 3.63) is 59.9 Å². The first-order valence-corrected chi connectivity index (χ1v) is 12.1. The Bertz CT molecular complexity index is 1140. The van der Waals surface area contributed by atoms with Crippen LogP contribution in [0.1, 0.15) is 56.0 Å². The third-order valence-corrected chi connectivity index (χ3v) is 6.36. The Morgan fingerprint density at radius 3 is 2.80 bits per heavy atom. The van der Waals surface area contributed by atoms with Gasteiger partial charge in [0, 0.05) is 6.08 Å². The molecule has 1 amide bonds. The molecule has 0 saturated heterocycles. The van der Waals surface area contributed by atoms with Crippen molar-refractivity contribution in [1.29, 1.82) is 0 Å². The van der Waals surface area contributed by atoms with Gasteiger partial charge < -0.3 is 19.5 Å². The molecule has 182 valence electrons. The van der Waals surface area contributed by atoms with Gasteiger partial charge >= 0.3 is 0 Å². The van der Waals surface area contributed by atoms with E-state index in [9.17, 15) is 4.79 Å². The van der Waals surface area contributed by atoms with Gasteiger partial charge in [-0.15, -0.1) is 10.2 Å². The van der Waals surface area contributed by atoms with E-state index in [1.807, 2.05) is 24.3 Å². The summed E-state index contributed by atoms with van der Waals surface area (Å²) in [6, 6.07) is 13.1. The Hall–Kier alpha value is -3.88. The number of aromatic amines is 1. The van der Waals surface area contributed by atoms with E-state index in [1.165, 1.54) is 38.2 Å². The van der Waals surface area contributed by atoms with E-state index in [2.05, 4.69) is 25.9 Å². The highest BCUT2D eigenvalue weighted by Crippen LogP contribution is 2.41. The average molecular weight is 476 g/mol. The Kier molecular flexibility index (Phi) is 7.21. The van der Waals surface area contributed by atoms with Gasteiger partial charge in [-0.3, -0.25) is 4.79 Å². The normalized spacial score (nSPS) is 17.9. The third kappa shape index (κ3) is 5.98. The SMILES string of the molecule is O=C(C=Cc1ccc(OCCC2CCCCC2)cc1)Nc1cccc2c1OC(c1nn[nH]n1)CO2. The van der Waals surface area contributed by atoms with E-state index in [1.54, 1.807) is 24.3 Å². The molecule has 1 unspecified atom stereocenters.